The third kappa shape index (κ3) is 1.80. The van der Waals surface area contributed by atoms with Crippen molar-refractivity contribution in [1.82, 2.24) is 14.6 Å². The second-order valence-electron chi connectivity index (χ2n) is 3.94. The van der Waals surface area contributed by atoms with Gasteiger partial charge in [-0.05, 0) is 31.2 Å². The highest BCUT2D eigenvalue weighted by molar-refractivity contribution is 7.80. The lowest BCUT2D eigenvalue weighted by Gasteiger charge is -2.02. The normalized spacial score (nSPS) is 10.9. The molecule has 0 aliphatic heterocycles. The van der Waals surface area contributed by atoms with Crippen molar-refractivity contribution in [3.63, 3.8) is 0 Å². The van der Waals surface area contributed by atoms with Crippen molar-refractivity contribution in [3.8, 4) is 11.3 Å². The smallest absolute Gasteiger partial charge is 0.154 e. The summed E-state index contributed by atoms with van der Waals surface area (Å²) in [6.45, 7) is 1.97. The minimum Gasteiger partial charge on any atom is -0.235 e. The summed E-state index contributed by atoms with van der Waals surface area (Å²) in [6.07, 6.45) is 1.84. The van der Waals surface area contributed by atoms with Gasteiger partial charge in [-0.1, -0.05) is 12.1 Å². The van der Waals surface area contributed by atoms with Gasteiger partial charge in [0.05, 0.1) is 17.6 Å². The quantitative estimate of drug-likeness (QED) is 0.664. The van der Waals surface area contributed by atoms with Crippen LogP contribution in [-0.2, 0) is 0 Å². The van der Waals surface area contributed by atoms with Gasteiger partial charge in [-0.15, -0.1) is 12.6 Å². The highest BCUT2D eigenvalue weighted by atomic mass is 32.1. The molecule has 1 aromatic carbocycles. The first-order chi connectivity index (χ1) is 8.24. The van der Waals surface area contributed by atoms with Gasteiger partial charge in [0.1, 0.15) is 0 Å². The van der Waals surface area contributed by atoms with E-state index in [4.69, 9.17) is 0 Å². The van der Waals surface area contributed by atoms with Crippen LogP contribution in [0.1, 0.15) is 5.69 Å². The average Bonchev–Trinajstić information content (AvgIpc) is 2.71. The number of hydrogen-bond acceptors (Lipinski definition) is 3. The molecule has 2 heterocycles. The minimum absolute atomic E-state index is 0.857. The van der Waals surface area contributed by atoms with Gasteiger partial charge < -0.3 is 0 Å². The standard InChI is InChI=1S/C13H11N3S/c1-9-5-6-13-14-8-12(16(13)15-9)10-3-2-4-11(17)7-10/h2-8,17H,1H3. The molecule has 0 aliphatic rings. The van der Waals surface area contributed by atoms with Crippen molar-refractivity contribution in [2.24, 2.45) is 0 Å². The number of aryl methyl sites for hydroxylation is 1. The van der Waals surface area contributed by atoms with Gasteiger partial charge in [0.2, 0.25) is 0 Å². The Labute approximate surface area is 105 Å². The molecule has 0 atom stereocenters. The number of rotatable bonds is 1. The fourth-order valence-electron chi connectivity index (χ4n) is 1.83. The lowest BCUT2D eigenvalue weighted by Crippen LogP contribution is -1.95. The van der Waals surface area contributed by atoms with Crippen LogP contribution in [0.15, 0.2) is 47.5 Å². The number of fused-ring (bicyclic) bond motifs is 1. The van der Waals surface area contributed by atoms with Gasteiger partial charge in [0.25, 0.3) is 0 Å². The molecular formula is C13H11N3S. The summed E-state index contributed by atoms with van der Waals surface area (Å²) in [5.74, 6) is 0. The van der Waals surface area contributed by atoms with E-state index in [1.807, 2.05) is 54.0 Å². The van der Waals surface area contributed by atoms with Crippen molar-refractivity contribution < 1.29 is 0 Å². The Kier molecular flexibility index (Phi) is 2.37. The molecule has 3 aromatic rings. The molecular weight excluding hydrogens is 230 g/mol. The molecule has 4 heteroatoms. The molecule has 2 aromatic heterocycles. The predicted molar refractivity (Wildman–Crippen MR) is 70.4 cm³/mol. The van der Waals surface area contributed by atoms with E-state index in [-0.39, 0.29) is 0 Å². The van der Waals surface area contributed by atoms with Crippen LogP contribution in [-0.4, -0.2) is 14.6 Å². The number of hydrogen-bond donors (Lipinski definition) is 1. The van der Waals surface area contributed by atoms with Crippen molar-refractivity contribution >= 4 is 18.3 Å². The number of thiol groups is 1. The minimum atomic E-state index is 0.857. The Morgan fingerprint density at radius 1 is 1.18 bits per heavy atom. The molecule has 0 saturated heterocycles. The predicted octanol–water partition coefficient (Wildman–Crippen LogP) is 2.99. The molecule has 0 radical (unpaired) electrons. The van der Waals surface area contributed by atoms with E-state index in [0.717, 1.165) is 27.5 Å². The maximum Gasteiger partial charge on any atom is 0.154 e. The second-order valence-corrected chi connectivity index (χ2v) is 4.45. The van der Waals surface area contributed by atoms with Crippen LogP contribution in [0.4, 0.5) is 0 Å². The van der Waals surface area contributed by atoms with Gasteiger partial charge in [-0.25, -0.2) is 9.50 Å². The van der Waals surface area contributed by atoms with Gasteiger partial charge in [-0.3, -0.25) is 0 Å². The monoisotopic (exact) mass is 241 g/mol. The first-order valence-electron chi connectivity index (χ1n) is 5.35. The maximum atomic E-state index is 4.47. The van der Waals surface area contributed by atoms with Crippen LogP contribution in [0, 0.1) is 6.92 Å². The molecule has 0 spiro atoms. The summed E-state index contributed by atoms with van der Waals surface area (Å²) in [6, 6.07) is 11.9. The Hall–Kier alpha value is -1.81. The second kappa shape index (κ2) is 3.89. The number of nitrogens with zero attached hydrogens (tertiary/aromatic N) is 3. The van der Waals surface area contributed by atoms with Crippen LogP contribution < -0.4 is 0 Å². The molecule has 0 fully saturated rings. The van der Waals surface area contributed by atoms with Crippen LogP contribution in [0.5, 0.6) is 0 Å². The first-order valence-corrected chi connectivity index (χ1v) is 5.79. The van der Waals surface area contributed by atoms with Crippen LogP contribution >= 0.6 is 12.6 Å². The SMILES string of the molecule is Cc1ccc2ncc(-c3cccc(S)c3)n2n1. The Morgan fingerprint density at radius 2 is 2.06 bits per heavy atom. The number of benzene rings is 1. The molecule has 3 rings (SSSR count). The van der Waals surface area contributed by atoms with E-state index in [2.05, 4.69) is 22.7 Å². The molecule has 84 valence electrons. The molecule has 0 amide bonds. The summed E-state index contributed by atoms with van der Waals surface area (Å²) in [7, 11) is 0. The molecule has 3 nitrogen and oxygen atoms in total. The largest absolute Gasteiger partial charge is 0.235 e. The van der Waals surface area contributed by atoms with E-state index in [9.17, 15) is 0 Å². The Balaban J connectivity index is 2.27. The summed E-state index contributed by atoms with van der Waals surface area (Å²) in [5, 5.41) is 4.47. The van der Waals surface area contributed by atoms with Gasteiger partial charge in [-0.2, -0.15) is 5.10 Å². The fraction of sp³-hybridized carbons (Fsp3) is 0.0769. The maximum absolute atomic E-state index is 4.47. The molecule has 0 bridgehead atoms. The molecule has 0 saturated carbocycles. The van der Waals surface area contributed by atoms with Gasteiger partial charge in [0, 0.05) is 10.5 Å². The third-order valence-electron chi connectivity index (χ3n) is 2.64. The first kappa shape index (κ1) is 10.4. The zero-order chi connectivity index (χ0) is 11.8. The van der Waals surface area contributed by atoms with Crippen LogP contribution in [0.3, 0.4) is 0 Å². The zero-order valence-corrected chi connectivity index (χ0v) is 10.2. The molecule has 0 aliphatic carbocycles. The zero-order valence-electron chi connectivity index (χ0n) is 9.33. The molecule has 0 unspecified atom stereocenters. The Bertz CT molecular complexity index is 688. The van der Waals surface area contributed by atoms with E-state index in [1.54, 1.807) is 0 Å². The van der Waals surface area contributed by atoms with Crippen LogP contribution in [0.2, 0.25) is 0 Å². The topological polar surface area (TPSA) is 30.2 Å². The lowest BCUT2D eigenvalue weighted by molar-refractivity contribution is 0.907. The van der Waals surface area contributed by atoms with Crippen molar-refractivity contribution in [3.05, 3.63) is 48.3 Å². The summed E-state index contributed by atoms with van der Waals surface area (Å²) < 4.78 is 1.86. The summed E-state index contributed by atoms with van der Waals surface area (Å²) in [5.41, 5.74) is 3.89. The molecule has 17 heavy (non-hydrogen) atoms. The highest BCUT2D eigenvalue weighted by Crippen LogP contribution is 2.22. The van der Waals surface area contributed by atoms with Gasteiger partial charge >= 0.3 is 0 Å². The number of aromatic nitrogens is 3. The van der Waals surface area contributed by atoms with Crippen molar-refractivity contribution in [2.45, 2.75) is 11.8 Å². The van der Waals surface area contributed by atoms with Gasteiger partial charge in [0.15, 0.2) is 5.65 Å². The van der Waals surface area contributed by atoms with Crippen molar-refractivity contribution in [2.75, 3.05) is 0 Å². The fourth-order valence-corrected chi connectivity index (χ4v) is 2.05. The highest BCUT2D eigenvalue weighted by Gasteiger charge is 2.06. The van der Waals surface area contributed by atoms with E-state index in [1.165, 1.54) is 0 Å². The van der Waals surface area contributed by atoms with E-state index >= 15 is 0 Å². The Morgan fingerprint density at radius 3 is 2.88 bits per heavy atom. The van der Waals surface area contributed by atoms with Crippen LogP contribution in [0.25, 0.3) is 16.9 Å². The lowest BCUT2D eigenvalue weighted by atomic mass is 10.2. The van der Waals surface area contributed by atoms with Crippen molar-refractivity contribution in [1.29, 1.82) is 0 Å². The third-order valence-corrected chi connectivity index (χ3v) is 2.92. The summed E-state index contributed by atoms with van der Waals surface area (Å²) in [4.78, 5) is 5.28. The molecule has 0 N–H and O–H groups in total. The van der Waals surface area contributed by atoms with E-state index in [0.29, 0.717) is 0 Å². The number of imidazole rings is 1. The van der Waals surface area contributed by atoms with E-state index < -0.39 is 0 Å². The summed E-state index contributed by atoms with van der Waals surface area (Å²) >= 11 is 4.35. The average molecular weight is 241 g/mol.